The Bertz CT molecular complexity index is 261. The Hall–Kier alpha value is -0.740. The molecule has 0 saturated carbocycles. The molecule has 0 fully saturated rings. The zero-order chi connectivity index (χ0) is 10.9. The number of aromatic nitrogens is 1. The summed E-state index contributed by atoms with van der Waals surface area (Å²) in [7, 11) is 0. The van der Waals surface area contributed by atoms with Gasteiger partial charge in [-0.25, -0.2) is 10.8 Å². The fraction of sp³-hybridized carbons (Fsp3) is 0.545. The maximum absolute atomic E-state index is 5.24. The van der Waals surface area contributed by atoms with Gasteiger partial charge in [0.05, 0.1) is 0 Å². The molecule has 1 heterocycles. The minimum Gasteiger partial charge on any atom is -0.308 e. The molecule has 0 radical (unpaired) electrons. The number of hydrazine groups is 1. The minimum absolute atomic E-state index is 0.717. The van der Waals surface area contributed by atoms with Crippen molar-refractivity contribution in [3.05, 3.63) is 23.9 Å². The van der Waals surface area contributed by atoms with Crippen LogP contribution in [-0.4, -0.2) is 10.7 Å². The fourth-order valence-electron chi connectivity index (χ4n) is 1.24. The summed E-state index contributed by atoms with van der Waals surface area (Å²) in [6.07, 6.45) is 5.82. The average molecular weight is 225 g/mol. The van der Waals surface area contributed by atoms with Crippen LogP contribution in [0.4, 0.5) is 5.82 Å². The van der Waals surface area contributed by atoms with E-state index in [1.54, 1.807) is 0 Å². The van der Waals surface area contributed by atoms with Gasteiger partial charge in [-0.2, -0.15) is 11.8 Å². The molecular formula is C11H19N3S. The smallest absolute Gasteiger partial charge is 0.139 e. The molecule has 4 heteroatoms. The van der Waals surface area contributed by atoms with Gasteiger partial charge in [0.2, 0.25) is 0 Å². The number of unbranched alkanes of at least 4 members (excludes halogenated alkanes) is 2. The van der Waals surface area contributed by atoms with Crippen molar-refractivity contribution in [2.45, 2.75) is 31.9 Å². The monoisotopic (exact) mass is 225 g/mol. The lowest BCUT2D eigenvalue weighted by atomic mass is 10.3. The summed E-state index contributed by atoms with van der Waals surface area (Å²) in [6.45, 7) is 2.23. The number of hydrogen-bond acceptors (Lipinski definition) is 4. The first-order chi connectivity index (χ1) is 7.36. The van der Waals surface area contributed by atoms with E-state index >= 15 is 0 Å². The third kappa shape index (κ3) is 5.04. The SMILES string of the molecule is CCCCCSCc1ccc(NN)nc1. The number of nitrogen functional groups attached to an aromatic ring is 1. The van der Waals surface area contributed by atoms with Crippen LogP contribution in [0.3, 0.4) is 0 Å². The highest BCUT2D eigenvalue weighted by molar-refractivity contribution is 7.98. The fourth-order valence-corrected chi connectivity index (χ4v) is 2.20. The van der Waals surface area contributed by atoms with E-state index in [4.69, 9.17) is 5.84 Å². The summed E-state index contributed by atoms with van der Waals surface area (Å²) in [5.74, 6) is 8.24. The Morgan fingerprint density at radius 2 is 2.27 bits per heavy atom. The number of pyridine rings is 1. The van der Waals surface area contributed by atoms with Gasteiger partial charge < -0.3 is 5.43 Å². The molecule has 1 rings (SSSR count). The highest BCUT2D eigenvalue weighted by Gasteiger charge is 1.95. The molecule has 0 bridgehead atoms. The Morgan fingerprint density at radius 1 is 1.40 bits per heavy atom. The Morgan fingerprint density at radius 3 is 2.87 bits per heavy atom. The number of rotatable bonds is 7. The Balaban J connectivity index is 2.20. The first kappa shape index (κ1) is 12.3. The summed E-state index contributed by atoms with van der Waals surface area (Å²) < 4.78 is 0. The number of nitrogens with zero attached hydrogens (tertiary/aromatic N) is 1. The van der Waals surface area contributed by atoms with Gasteiger partial charge >= 0.3 is 0 Å². The molecule has 1 aromatic rings. The van der Waals surface area contributed by atoms with Crippen LogP contribution in [0, 0.1) is 0 Å². The van der Waals surface area contributed by atoms with Crippen molar-refractivity contribution in [2.24, 2.45) is 5.84 Å². The van der Waals surface area contributed by atoms with Gasteiger partial charge in [-0.15, -0.1) is 0 Å². The summed E-state index contributed by atoms with van der Waals surface area (Å²) in [5.41, 5.74) is 3.78. The van der Waals surface area contributed by atoms with Crippen molar-refractivity contribution < 1.29 is 0 Å². The molecule has 0 spiro atoms. The van der Waals surface area contributed by atoms with Crippen molar-refractivity contribution in [1.29, 1.82) is 0 Å². The second kappa shape index (κ2) is 7.54. The van der Waals surface area contributed by atoms with Crippen LogP contribution >= 0.6 is 11.8 Å². The Kier molecular flexibility index (Phi) is 6.20. The van der Waals surface area contributed by atoms with Crippen LogP contribution in [0.1, 0.15) is 31.7 Å². The van der Waals surface area contributed by atoms with E-state index in [-0.39, 0.29) is 0 Å². The number of anilines is 1. The third-order valence-corrected chi connectivity index (χ3v) is 3.25. The quantitative estimate of drug-likeness (QED) is 0.425. The molecule has 0 saturated heterocycles. The van der Waals surface area contributed by atoms with E-state index < -0.39 is 0 Å². The van der Waals surface area contributed by atoms with Crippen molar-refractivity contribution in [3.63, 3.8) is 0 Å². The summed E-state index contributed by atoms with van der Waals surface area (Å²) >= 11 is 1.97. The third-order valence-electron chi connectivity index (χ3n) is 2.13. The molecule has 0 aromatic carbocycles. The molecule has 3 N–H and O–H groups in total. The molecule has 15 heavy (non-hydrogen) atoms. The van der Waals surface area contributed by atoms with Crippen LogP contribution in [-0.2, 0) is 5.75 Å². The molecule has 0 aliphatic rings. The first-order valence-corrected chi connectivity index (χ1v) is 6.51. The van der Waals surface area contributed by atoms with Gasteiger partial charge in [0.15, 0.2) is 0 Å². The lowest BCUT2D eigenvalue weighted by Gasteiger charge is -2.02. The topological polar surface area (TPSA) is 50.9 Å². The number of nitrogens with two attached hydrogens (primary N) is 1. The van der Waals surface area contributed by atoms with Gasteiger partial charge in [-0.1, -0.05) is 25.8 Å². The molecule has 3 nitrogen and oxygen atoms in total. The van der Waals surface area contributed by atoms with E-state index in [1.165, 1.54) is 30.6 Å². The number of thioether (sulfide) groups is 1. The van der Waals surface area contributed by atoms with E-state index in [2.05, 4.69) is 23.4 Å². The normalized spacial score (nSPS) is 10.3. The van der Waals surface area contributed by atoms with Crippen molar-refractivity contribution in [1.82, 2.24) is 4.98 Å². The number of nitrogens with one attached hydrogen (secondary N) is 1. The average Bonchev–Trinajstić information content (AvgIpc) is 2.30. The standard InChI is InChI=1S/C11H19N3S/c1-2-3-4-7-15-9-10-5-6-11(14-12)13-8-10/h5-6,8H,2-4,7,9,12H2,1H3,(H,13,14). The largest absolute Gasteiger partial charge is 0.308 e. The van der Waals surface area contributed by atoms with Gasteiger partial charge in [0.25, 0.3) is 0 Å². The Labute approximate surface area is 95.8 Å². The molecule has 0 unspecified atom stereocenters. The number of hydrogen-bond donors (Lipinski definition) is 2. The molecule has 0 aliphatic carbocycles. The van der Waals surface area contributed by atoms with Crippen LogP contribution in [0.2, 0.25) is 0 Å². The van der Waals surface area contributed by atoms with Crippen LogP contribution in [0.15, 0.2) is 18.3 Å². The first-order valence-electron chi connectivity index (χ1n) is 5.36. The molecule has 0 aliphatic heterocycles. The summed E-state index contributed by atoms with van der Waals surface area (Å²) in [4.78, 5) is 4.16. The zero-order valence-corrected chi connectivity index (χ0v) is 10.0. The maximum atomic E-state index is 5.24. The van der Waals surface area contributed by atoms with Crippen molar-refractivity contribution in [3.8, 4) is 0 Å². The van der Waals surface area contributed by atoms with Crippen molar-refractivity contribution in [2.75, 3.05) is 11.2 Å². The van der Waals surface area contributed by atoms with Crippen molar-refractivity contribution >= 4 is 17.6 Å². The lowest BCUT2D eigenvalue weighted by Crippen LogP contribution is -2.08. The molecule has 0 amide bonds. The van der Waals surface area contributed by atoms with Crippen LogP contribution < -0.4 is 11.3 Å². The van der Waals surface area contributed by atoms with E-state index in [0.29, 0.717) is 0 Å². The van der Waals surface area contributed by atoms with Gasteiger partial charge in [0, 0.05) is 11.9 Å². The van der Waals surface area contributed by atoms with E-state index in [0.717, 1.165) is 11.6 Å². The summed E-state index contributed by atoms with van der Waals surface area (Å²) in [5, 5.41) is 0. The van der Waals surface area contributed by atoms with E-state index in [1.807, 2.05) is 24.0 Å². The second-order valence-corrected chi connectivity index (χ2v) is 4.56. The molecule has 84 valence electrons. The predicted molar refractivity (Wildman–Crippen MR) is 67.7 cm³/mol. The molecule has 1 aromatic heterocycles. The summed E-state index contributed by atoms with van der Waals surface area (Å²) in [6, 6.07) is 3.97. The van der Waals surface area contributed by atoms with Gasteiger partial charge in [-0.05, 0) is 23.8 Å². The lowest BCUT2D eigenvalue weighted by molar-refractivity contribution is 0.778. The molecular weight excluding hydrogens is 206 g/mol. The van der Waals surface area contributed by atoms with Crippen LogP contribution in [0.5, 0.6) is 0 Å². The second-order valence-electron chi connectivity index (χ2n) is 3.46. The van der Waals surface area contributed by atoms with Gasteiger partial charge in [-0.3, -0.25) is 0 Å². The zero-order valence-electron chi connectivity index (χ0n) is 9.20. The highest BCUT2D eigenvalue weighted by atomic mass is 32.2. The van der Waals surface area contributed by atoms with E-state index in [9.17, 15) is 0 Å². The predicted octanol–water partition coefficient (Wildman–Crippen LogP) is 2.79. The maximum Gasteiger partial charge on any atom is 0.139 e. The molecule has 0 atom stereocenters. The minimum atomic E-state index is 0.717. The van der Waals surface area contributed by atoms with Crippen LogP contribution in [0.25, 0.3) is 0 Å². The van der Waals surface area contributed by atoms with Gasteiger partial charge in [0.1, 0.15) is 5.82 Å². The highest BCUT2D eigenvalue weighted by Crippen LogP contribution is 2.14.